The van der Waals surface area contributed by atoms with Gasteiger partial charge in [-0.1, -0.05) is 6.07 Å². The van der Waals surface area contributed by atoms with Crippen LogP contribution in [0.5, 0.6) is 0 Å². The Labute approximate surface area is 78.6 Å². The van der Waals surface area contributed by atoms with Crippen LogP contribution in [0.25, 0.3) is 0 Å². The van der Waals surface area contributed by atoms with E-state index in [0.717, 1.165) is 16.7 Å². The van der Waals surface area contributed by atoms with Crippen molar-refractivity contribution >= 4 is 10.0 Å². The third-order valence-corrected chi connectivity index (χ3v) is 3.11. The lowest BCUT2D eigenvalue weighted by molar-refractivity contribution is 0.597. The van der Waals surface area contributed by atoms with E-state index in [1.165, 1.54) is 0 Å². The van der Waals surface area contributed by atoms with Gasteiger partial charge in [0.2, 0.25) is 10.0 Å². The first-order chi connectivity index (χ1) is 5.82. The molecule has 72 valence electrons. The molecule has 1 aromatic rings. The van der Waals surface area contributed by atoms with Gasteiger partial charge in [-0.25, -0.2) is 13.6 Å². The fraction of sp³-hybridized carbons (Fsp3) is 0.333. The standard InChI is InChI=1S/C9H13NO2S/c1-6-4-7(2)8(3)9(5-6)13(10,11)12/h4-5H,1-3H3,(H2,10,11,12). The minimum atomic E-state index is -3.58. The van der Waals surface area contributed by atoms with Gasteiger partial charge in [0, 0.05) is 0 Å². The SMILES string of the molecule is Cc1cc(C)c(C)c(S(N)(=O)=O)c1. The average molecular weight is 199 g/mol. The van der Waals surface area contributed by atoms with Gasteiger partial charge >= 0.3 is 0 Å². The number of aryl methyl sites for hydroxylation is 2. The van der Waals surface area contributed by atoms with E-state index < -0.39 is 10.0 Å². The quantitative estimate of drug-likeness (QED) is 0.740. The highest BCUT2D eigenvalue weighted by Gasteiger charge is 2.12. The Morgan fingerprint density at radius 2 is 1.69 bits per heavy atom. The summed E-state index contributed by atoms with van der Waals surface area (Å²) in [5.74, 6) is 0. The molecule has 0 radical (unpaired) electrons. The van der Waals surface area contributed by atoms with Crippen molar-refractivity contribution in [2.45, 2.75) is 25.7 Å². The van der Waals surface area contributed by atoms with Gasteiger partial charge in [-0.3, -0.25) is 0 Å². The molecule has 1 aromatic carbocycles. The van der Waals surface area contributed by atoms with E-state index in [0.29, 0.717) is 0 Å². The minimum absolute atomic E-state index is 0.227. The van der Waals surface area contributed by atoms with Crippen LogP contribution < -0.4 is 5.14 Å². The Bertz CT molecular complexity index is 435. The van der Waals surface area contributed by atoms with Gasteiger partial charge in [-0.2, -0.15) is 0 Å². The molecule has 4 heteroatoms. The summed E-state index contributed by atoms with van der Waals surface area (Å²) in [5, 5.41) is 5.07. The molecule has 0 aromatic heterocycles. The average Bonchev–Trinajstić information content (AvgIpc) is 1.94. The van der Waals surface area contributed by atoms with Crippen LogP contribution in [0.15, 0.2) is 17.0 Å². The fourth-order valence-electron chi connectivity index (χ4n) is 1.30. The Hall–Kier alpha value is -0.870. The molecule has 0 atom stereocenters. The van der Waals surface area contributed by atoms with E-state index in [4.69, 9.17) is 5.14 Å². The van der Waals surface area contributed by atoms with Crippen molar-refractivity contribution in [3.8, 4) is 0 Å². The highest BCUT2D eigenvalue weighted by Crippen LogP contribution is 2.19. The predicted molar refractivity (Wildman–Crippen MR) is 52.0 cm³/mol. The summed E-state index contributed by atoms with van der Waals surface area (Å²) >= 11 is 0. The molecule has 0 heterocycles. The molecule has 0 unspecified atom stereocenters. The first-order valence-corrected chi connectivity index (χ1v) is 5.47. The van der Waals surface area contributed by atoms with Gasteiger partial charge in [0.1, 0.15) is 0 Å². The summed E-state index contributed by atoms with van der Waals surface area (Å²) < 4.78 is 22.3. The predicted octanol–water partition coefficient (Wildman–Crippen LogP) is 1.26. The van der Waals surface area contributed by atoms with Gasteiger partial charge in [-0.15, -0.1) is 0 Å². The summed E-state index contributed by atoms with van der Waals surface area (Å²) in [6.07, 6.45) is 0. The Morgan fingerprint density at radius 1 is 1.15 bits per heavy atom. The van der Waals surface area contributed by atoms with Crippen molar-refractivity contribution in [3.05, 3.63) is 28.8 Å². The molecule has 0 spiro atoms. The maximum Gasteiger partial charge on any atom is 0.238 e. The van der Waals surface area contributed by atoms with Crippen LogP contribution in [0, 0.1) is 20.8 Å². The van der Waals surface area contributed by atoms with Gasteiger partial charge in [0.15, 0.2) is 0 Å². The van der Waals surface area contributed by atoms with Gasteiger partial charge < -0.3 is 0 Å². The second-order valence-corrected chi connectivity index (χ2v) is 4.78. The highest BCUT2D eigenvalue weighted by atomic mass is 32.2. The fourth-order valence-corrected chi connectivity index (χ4v) is 2.23. The maximum atomic E-state index is 11.1. The monoisotopic (exact) mass is 199 g/mol. The second kappa shape index (κ2) is 3.12. The number of sulfonamides is 1. The maximum absolute atomic E-state index is 11.1. The van der Waals surface area contributed by atoms with Crippen molar-refractivity contribution in [1.82, 2.24) is 0 Å². The minimum Gasteiger partial charge on any atom is -0.225 e. The molecule has 0 saturated carbocycles. The molecule has 0 aliphatic rings. The molecule has 13 heavy (non-hydrogen) atoms. The summed E-state index contributed by atoms with van der Waals surface area (Å²) in [4.78, 5) is 0.227. The van der Waals surface area contributed by atoms with Crippen LogP contribution in [0.3, 0.4) is 0 Å². The lowest BCUT2D eigenvalue weighted by Crippen LogP contribution is -2.14. The number of nitrogens with two attached hydrogens (primary N) is 1. The molecule has 0 fully saturated rings. The number of rotatable bonds is 1. The zero-order valence-electron chi connectivity index (χ0n) is 7.96. The molecule has 0 aliphatic heterocycles. The molecular weight excluding hydrogens is 186 g/mol. The van der Waals surface area contributed by atoms with E-state index in [1.54, 1.807) is 13.0 Å². The molecule has 0 aliphatic carbocycles. The van der Waals surface area contributed by atoms with Crippen LogP contribution in [0.2, 0.25) is 0 Å². The van der Waals surface area contributed by atoms with Crippen molar-refractivity contribution in [2.75, 3.05) is 0 Å². The van der Waals surface area contributed by atoms with E-state index in [2.05, 4.69) is 0 Å². The van der Waals surface area contributed by atoms with E-state index in [1.807, 2.05) is 19.9 Å². The number of primary sulfonamides is 1. The van der Waals surface area contributed by atoms with E-state index >= 15 is 0 Å². The van der Waals surface area contributed by atoms with Crippen LogP contribution in [-0.2, 0) is 10.0 Å². The van der Waals surface area contributed by atoms with Crippen molar-refractivity contribution < 1.29 is 8.42 Å². The first kappa shape index (κ1) is 10.2. The lowest BCUT2D eigenvalue weighted by Gasteiger charge is -2.07. The van der Waals surface area contributed by atoms with Gasteiger partial charge in [0.05, 0.1) is 4.90 Å². The van der Waals surface area contributed by atoms with Gasteiger partial charge in [-0.05, 0) is 43.5 Å². The molecule has 0 bridgehead atoms. The molecule has 0 saturated heterocycles. The first-order valence-electron chi connectivity index (χ1n) is 3.93. The zero-order chi connectivity index (χ0) is 10.2. The molecule has 0 amide bonds. The van der Waals surface area contributed by atoms with Crippen LogP contribution >= 0.6 is 0 Å². The topological polar surface area (TPSA) is 60.2 Å². The van der Waals surface area contributed by atoms with Crippen molar-refractivity contribution in [3.63, 3.8) is 0 Å². The van der Waals surface area contributed by atoms with Crippen molar-refractivity contribution in [1.29, 1.82) is 0 Å². The second-order valence-electron chi connectivity index (χ2n) is 3.25. The van der Waals surface area contributed by atoms with Crippen LogP contribution in [0.4, 0.5) is 0 Å². The summed E-state index contributed by atoms with van der Waals surface area (Å²) in [5.41, 5.74) is 2.59. The summed E-state index contributed by atoms with van der Waals surface area (Å²) in [7, 11) is -3.58. The summed E-state index contributed by atoms with van der Waals surface area (Å²) in [6.45, 7) is 5.48. The Morgan fingerprint density at radius 3 is 2.15 bits per heavy atom. The van der Waals surface area contributed by atoms with Crippen LogP contribution in [0.1, 0.15) is 16.7 Å². The third-order valence-electron chi connectivity index (χ3n) is 2.07. The zero-order valence-corrected chi connectivity index (χ0v) is 8.77. The van der Waals surface area contributed by atoms with Crippen LogP contribution in [-0.4, -0.2) is 8.42 Å². The lowest BCUT2D eigenvalue weighted by atomic mass is 10.1. The van der Waals surface area contributed by atoms with Crippen molar-refractivity contribution in [2.24, 2.45) is 5.14 Å². The number of hydrogen-bond acceptors (Lipinski definition) is 2. The number of hydrogen-bond donors (Lipinski definition) is 1. The number of benzene rings is 1. The largest absolute Gasteiger partial charge is 0.238 e. The normalized spacial score (nSPS) is 11.7. The summed E-state index contributed by atoms with van der Waals surface area (Å²) in [6, 6.07) is 3.53. The van der Waals surface area contributed by atoms with E-state index in [9.17, 15) is 8.42 Å². The molecule has 1 rings (SSSR count). The highest BCUT2D eigenvalue weighted by molar-refractivity contribution is 7.89. The van der Waals surface area contributed by atoms with Gasteiger partial charge in [0.25, 0.3) is 0 Å². The smallest absolute Gasteiger partial charge is 0.225 e. The molecule has 3 nitrogen and oxygen atoms in total. The molecule has 2 N–H and O–H groups in total. The Balaban J connectivity index is 3.56. The third kappa shape index (κ3) is 2.08. The molecular formula is C9H13NO2S. The Kier molecular flexibility index (Phi) is 2.45. The van der Waals surface area contributed by atoms with E-state index in [-0.39, 0.29) is 4.90 Å².